The van der Waals surface area contributed by atoms with Gasteiger partial charge in [0.05, 0.1) is 12.2 Å². The van der Waals surface area contributed by atoms with E-state index in [4.69, 9.17) is 4.74 Å². The van der Waals surface area contributed by atoms with Crippen LogP contribution >= 0.6 is 0 Å². The zero-order valence-corrected chi connectivity index (χ0v) is 11.7. The van der Waals surface area contributed by atoms with E-state index in [9.17, 15) is 13.6 Å². The lowest BCUT2D eigenvalue weighted by atomic mass is 10.1. The molecule has 0 spiro atoms. The number of aryl methyl sites for hydroxylation is 1. The van der Waals surface area contributed by atoms with Crippen LogP contribution in [0.5, 0.6) is 5.75 Å². The maximum Gasteiger partial charge on any atom is 0.258 e. The van der Waals surface area contributed by atoms with Crippen LogP contribution < -0.4 is 10.1 Å². The number of nitrogens with one attached hydrogen (secondary N) is 1. The first-order chi connectivity index (χ1) is 10.0. The van der Waals surface area contributed by atoms with Crippen molar-refractivity contribution in [3.8, 4) is 5.75 Å². The van der Waals surface area contributed by atoms with Crippen molar-refractivity contribution in [1.82, 2.24) is 0 Å². The number of ether oxygens (including phenoxy) is 1. The summed E-state index contributed by atoms with van der Waals surface area (Å²) in [4.78, 5) is 12.0. The molecule has 3 nitrogen and oxygen atoms in total. The minimum atomic E-state index is -0.629. The normalized spacial score (nSPS) is 10.3. The first-order valence-electron chi connectivity index (χ1n) is 6.51. The summed E-state index contributed by atoms with van der Waals surface area (Å²) in [7, 11) is 0. The van der Waals surface area contributed by atoms with Crippen LogP contribution in [0.25, 0.3) is 0 Å². The number of amides is 1. The summed E-state index contributed by atoms with van der Waals surface area (Å²) in [5.41, 5.74) is 0.868. The minimum absolute atomic E-state index is 0.0881. The molecular formula is C16H15F2NO2. The zero-order chi connectivity index (χ0) is 15.4. The number of carbonyl (C=O) groups is 1. The number of hydrogen-bond acceptors (Lipinski definition) is 2. The first kappa shape index (κ1) is 15.0. The fraction of sp³-hybridized carbons (Fsp3) is 0.188. The van der Waals surface area contributed by atoms with Crippen LogP contribution in [-0.4, -0.2) is 12.5 Å². The van der Waals surface area contributed by atoms with E-state index in [1.807, 2.05) is 0 Å². The number of hydrogen-bond donors (Lipinski definition) is 1. The molecule has 0 bridgehead atoms. The Kier molecular flexibility index (Phi) is 4.52. The van der Waals surface area contributed by atoms with Crippen molar-refractivity contribution in [2.45, 2.75) is 13.8 Å². The van der Waals surface area contributed by atoms with Gasteiger partial charge in [0.15, 0.2) is 11.6 Å². The van der Waals surface area contributed by atoms with Gasteiger partial charge in [0.2, 0.25) is 0 Å². The molecule has 1 amide bonds. The Morgan fingerprint density at radius 3 is 2.52 bits per heavy atom. The molecule has 0 unspecified atom stereocenters. The molecule has 21 heavy (non-hydrogen) atoms. The average molecular weight is 291 g/mol. The van der Waals surface area contributed by atoms with Crippen LogP contribution in [0, 0.1) is 18.6 Å². The largest absolute Gasteiger partial charge is 0.491 e. The Bertz CT molecular complexity index is 671. The zero-order valence-electron chi connectivity index (χ0n) is 11.7. The third-order valence-corrected chi connectivity index (χ3v) is 2.86. The van der Waals surface area contributed by atoms with E-state index in [1.54, 1.807) is 19.9 Å². The summed E-state index contributed by atoms with van der Waals surface area (Å²) in [6.45, 7) is 3.82. The van der Waals surface area contributed by atoms with Crippen molar-refractivity contribution in [3.63, 3.8) is 0 Å². The van der Waals surface area contributed by atoms with E-state index in [-0.39, 0.29) is 17.0 Å². The molecule has 0 aliphatic carbocycles. The average Bonchev–Trinajstić information content (AvgIpc) is 2.41. The molecule has 0 aliphatic heterocycles. The highest BCUT2D eigenvalue weighted by molar-refractivity contribution is 6.04. The summed E-state index contributed by atoms with van der Waals surface area (Å²) in [5.74, 6) is -1.72. The second kappa shape index (κ2) is 6.35. The van der Waals surface area contributed by atoms with Gasteiger partial charge in [-0.05, 0) is 43.7 Å². The Labute approximate surface area is 121 Å². The van der Waals surface area contributed by atoms with Gasteiger partial charge in [-0.3, -0.25) is 4.79 Å². The topological polar surface area (TPSA) is 38.3 Å². The fourth-order valence-electron chi connectivity index (χ4n) is 1.85. The van der Waals surface area contributed by atoms with Crippen LogP contribution in [0.3, 0.4) is 0 Å². The lowest BCUT2D eigenvalue weighted by molar-refractivity contribution is 0.102. The third-order valence-electron chi connectivity index (χ3n) is 2.86. The predicted octanol–water partition coefficient (Wildman–Crippen LogP) is 3.92. The van der Waals surface area contributed by atoms with Gasteiger partial charge in [0.1, 0.15) is 5.82 Å². The monoisotopic (exact) mass is 291 g/mol. The predicted molar refractivity (Wildman–Crippen MR) is 76.7 cm³/mol. The Hall–Kier alpha value is -2.43. The van der Waals surface area contributed by atoms with Crippen LogP contribution in [0.2, 0.25) is 0 Å². The molecule has 0 atom stereocenters. The SMILES string of the molecule is CCOc1ccc(NC(=O)c2ccc(C)cc2F)cc1F. The molecule has 2 aromatic rings. The van der Waals surface area contributed by atoms with E-state index in [0.29, 0.717) is 6.61 Å². The van der Waals surface area contributed by atoms with Crippen LogP contribution in [-0.2, 0) is 0 Å². The summed E-state index contributed by atoms with van der Waals surface area (Å²) < 4.78 is 32.4. The summed E-state index contributed by atoms with van der Waals surface area (Å²) in [6.07, 6.45) is 0. The molecule has 110 valence electrons. The van der Waals surface area contributed by atoms with Crippen molar-refractivity contribution in [1.29, 1.82) is 0 Å². The third kappa shape index (κ3) is 3.56. The molecule has 0 aromatic heterocycles. The van der Waals surface area contributed by atoms with Crippen LogP contribution in [0.15, 0.2) is 36.4 Å². The van der Waals surface area contributed by atoms with Crippen molar-refractivity contribution in [2.24, 2.45) is 0 Å². The molecular weight excluding hydrogens is 276 g/mol. The molecule has 0 fully saturated rings. The molecule has 2 rings (SSSR count). The molecule has 0 heterocycles. The fourth-order valence-corrected chi connectivity index (χ4v) is 1.85. The maximum atomic E-state index is 13.7. The number of benzene rings is 2. The number of rotatable bonds is 4. The highest BCUT2D eigenvalue weighted by Crippen LogP contribution is 2.22. The van der Waals surface area contributed by atoms with E-state index < -0.39 is 17.5 Å². The molecule has 2 aromatic carbocycles. The molecule has 5 heteroatoms. The van der Waals surface area contributed by atoms with Crippen molar-refractivity contribution in [3.05, 3.63) is 59.2 Å². The van der Waals surface area contributed by atoms with Crippen molar-refractivity contribution in [2.75, 3.05) is 11.9 Å². The van der Waals surface area contributed by atoms with Gasteiger partial charge >= 0.3 is 0 Å². The lowest BCUT2D eigenvalue weighted by Crippen LogP contribution is -2.14. The van der Waals surface area contributed by atoms with Gasteiger partial charge in [-0.1, -0.05) is 6.07 Å². The summed E-state index contributed by atoms with van der Waals surface area (Å²) in [5, 5.41) is 2.45. The number of anilines is 1. The van der Waals surface area contributed by atoms with E-state index in [0.717, 1.165) is 11.6 Å². The van der Waals surface area contributed by atoms with Crippen molar-refractivity contribution >= 4 is 11.6 Å². The number of halogens is 2. The van der Waals surface area contributed by atoms with Crippen LogP contribution in [0.1, 0.15) is 22.8 Å². The molecule has 0 aliphatic rings. The first-order valence-corrected chi connectivity index (χ1v) is 6.51. The molecule has 0 saturated heterocycles. The standard InChI is InChI=1S/C16H15F2NO2/c1-3-21-15-7-5-11(9-14(15)18)19-16(20)12-6-4-10(2)8-13(12)17/h4-9H,3H2,1-2H3,(H,19,20). The quantitative estimate of drug-likeness (QED) is 0.927. The molecule has 0 saturated carbocycles. The van der Waals surface area contributed by atoms with Gasteiger partial charge in [-0.15, -0.1) is 0 Å². The van der Waals surface area contributed by atoms with Gasteiger partial charge in [0.25, 0.3) is 5.91 Å². The lowest BCUT2D eigenvalue weighted by Gasteiger charge is -2.09. The maximum absolute atomic E-state index is 13.7. The van der Waals surface area contributed by atoms with Gasteiger partial charge in [0, 0.05) is 11.8 Å². The van der Waals surface area contributed by atoms with Crippen molar-refractivity contribution < 1.29 is 18.3 Å². The Morgan fingerprint density at radius 2 is 1.90 bits per heavy atom. The van der Waals surface area contributed by atoms with Crippen LogP contribution in [0.4, 0.5) is 14.5 Å². The second-order valence-corrected chi connectivity index (χ2v) is 4.52. The smallest absolute Gasteiger partial charge is 0.258 e. The van der Waals surface area contributed by atoms with E-state index in [2.05, 4.69) is 5.32 Å². The second-order valence-electron chi connectivity index (χ2n) is 4.52. The molecule has 1 N–H and O–H groups in total. The highest BCUT2D eigenvalue weighted by atomic mass is 19.1. The Balaban J connectivity index is 2.17. The highest BCUT2D eigenvalue weighted by Gasteiger charge is 2.13. The van der Waals surface area contributed by atoms with Gasteiger partial charge in [-0.2, -0.15) is 0 Å². The molecule has 0 radical (unpaired) electrons. The summed E-state index contributed by atoms with van der Waals surface area (Å²) >= 11 is 0. The number of carbonyl (C=O) groups excluding carboxylic acids is 1. The minimum Gasteiger partial charge on any atom is -0.491 e. The summed E-state index contributed by atoms with van der Waals surface area (Å²) in [6, 6.07) is 8.35. The van der Waals surface area contributed by atoms with E-state index in [1.165, 1.54) is 24.3 Å². The Morgan fingerprint density at radius 1 is 1.14 bits per heavy atom. The van der Waals surface area contributed by atoms with E-state index >= 15 is 0 Å². The van der Waals surface area contributed by atoms with Gasteiger partial charge in [-0.25, -0.2) is 8.78 Å². The van der Waals surface area contributed by atoms with Gasteiger partial charge < -0.3 is 10.1 Å².